The number of hydrogen-bond donors (Lipinski definition) is 0. The summed E-state index contributed by atoms with van der Waals surface area (Å²) in [6.07, 6.45) is 11.7. The zero-order chi connectivity index (χ0) is 43.1. The number of hydrogen-bond acceptors (Lipinski definition) is 12. The maximum Gasteiger partial charge on any atom is 0.410 e. The first-order valence-electron chi connectivity index (χ1n) is 20.8. The highest BCUT2D eigenvalue weighted by Crippen LogP contribution is 2.40. The molecule has 3 aromatic heterocycles. The molecule has 4 fully saturated rings. The molecule has 0 radical (unpaired) electrons. The lowest BCUT2D eigenvalue weighted by atomic mass is 9.96. The number of pyridine rings is 1. The first-order chi connectivity index (χ1) is 29.8. The number of anilines is 2. The minimum Gasteiger partial charge on any atom is -0.458 e. The lowest BCUT2D eigenvalue weighted by Crippen LogP contribution is -2.57. The van der Waals surface area contributed by atoms with Gasteiger partial charge in [0, 0.05) is 54.8 Å². The quantitative estimate of drug-likeness (QED) is 0.144. The number of piperazine rings is 1. The van der Waals surface area contributed by atoms with Gasteiger partial charge in [-0.2, -0.15) is 18.4 Å². The van der Waals surface area contributed by atoms with Crippen molar-refractivity contribution in [3.63, 3.8) is 0 Å². The Kier molecular flexibility index (Phi) is 9.54. The first-order valence-corrected chi connectivity index (χ1v) is 22.2. The predicted octanol–water partition coefficient (Wildman–Crippen LogP) is 7.06. The third-order valence-corrected chi connectivity index (χ3v) is 13.5. The van der Waals surface area contributed by atoms with E-state index in [1.54, 1.807) is 36.4 Å². The second-order valence-electron chi connectivity index (χ2n) is 17.4. The van der Waals surface area contributed by atoms with Gasteiger partial charge in [0.1, 0.15) is 40.9 Å². The Bertz CT molecular complexity index is 2930. The number of halogens is 2. The van der Waals surface area contributed by atoms with Crippen LogP contribution in [0.3, 0.4) is 0 Å². The molecule has 3 atom stereocenters. The van der Waals surface area contributed by atoms with E-state index < -0.39 is 33.4 Å². The Morgan fingerprint density at radius 3 is 2.44 bits per heavy atom. The molecule has 0 spiro atoms. The zero-order valence-electron chi connectivity index (χ0n) is 34.3. The van der Waals surface area contributed by atoms with Gasteiger partial charge in [-0.15, -0.1) is 15.6 Å². The number of carbonyl (C=O) groups is 1. The van der Waals surface area contributed by atoms with E-state index in [-0.39, 0.29) is 51.8 Å². The molecule has 2 bridgehead atoms. The summed E-state index contributed by atoms with van der Waals surface area (Å²) in [6, 6.07) is 14.3. The van der Waals surface area contributed by atoms with Crippen molar-refractivity contribution in [2.75, 3.05) is 36.0 Å². The SMILES string of the molecule is C#Cc1c(F)ccc2cccc(-c3ncc4c(N5C[C@H]6CC[C@@H](C5)N6C(=O)OC(C)(C)C)nc(O[C@@H]5CCN(c6cccc(S(=O)(=O)n7cnc(C8CC8)n7)c6)C5)nc4c3F)c12. The summed E-state index contributed by atoms with van der Waals surface area (Å²) >= 11 is 0. The summed E-state index contributed by atoms with van der Waals surface area (Å²) < 4.78 is 72.6. The van der Waals surface area contributed by atoms with Gasteiger partial charge in [-0.3, -0.25) is 9.88 Å². The van der Waals surface area contributed by atoms with E-state index in [9.17, 15) is 13.2 Å². The van der Waals surface area contributed by atoms with Crippen LogP contribution in [0.2, 0.25) is 0 Å². The molecule has 62 heavy (non-hydrogen) atoms. The van der Waals surface area contributed by atoms with Crippen LogP contribution in [0.1, 0.15) is 70.2 Å². The lowest BCUT2D eigenvalue weighted by molar-refractivity contribution is 0.0122. The van der Waals surface area contributed by atoms with Crippen LogP contribution in [-0.4, -0.2) is 98.5 Å². The van der Waals surface area contributed by atoms with Crippen LogP contribution in [0.15, 0.2) is 72.0 Å². The molecule has 6 aromatic rings. The van der Waals surface area contributed by atoms with Crippen molar-refractivity contribution >= 4 is 49.3 Å². The van der Waals surface area contributed by atoms with Gasteiger partial charge >= 0.3 is 12.1 Å². The molecular formula is C45H43F2N9O5S. The Hall–Kier alpha value is -6.41. The van der Waals surface area contributed by atoms with Crippen LogP contribution >= 0.6 is 0 Å². The summed E-state index contributed by atoms with van der Waals surface area (Å²) in [5.74, 6) is 2.22. The van der Waals surface area contributed by atoms with Gasteiger partial charge in [0.15, 0.2) is 11.6 Å². The fourth-order valence-corrected chi connectivity index (χ4v) is 10.0. The summed E-state index contributed by atoms with van der Waals surface area (Å²) in [6.45, 7) is 7.24. The first kappa shape index (κ1) is 39.7. The second kappa shape index (κ2) is 14.9. The molecule has 10 rings (SSSR count). The maximum atomic E-state index is 17.2. The van der Waals surface area contributed by atoms with Crippen LogP contribution in [-0.2, 0) is 14.8 Å². The van der Waals surface area contributed by atoms with Crippen LogP contribution in [0.4, 0.5) is 25.1 Å². The van der Waals surface area contributed by atoms with Crippen molar-refractivity contribution in [2.24, 2.45) is 0 Å². The van der Waals surface area contributed by atoms with E-state index in [2.05, 4.69) is 26.0 Å². The van der Waals surface area contributed by atoms with Crippen molar-refractivity contribution in [3.8, 4) is 29.6 Å². The minimum atomic E-state index is -3.98. The van der Waals surface area contributed by atoms with E-state index >= 15 is 8.78 Å². The average molecular weight is 860 g/mol. The third-order valence-electron chi connectivity index (χ3n) is 12.0. The molecule has 14 nitrogen and oxygen atoms in total. The molecule has 3 aromatic carbocycles. The molecular weight excluding hydrogens is 817 g/mol. The highest BCUT2D eigenvalue weighted by molar-refractivity contribution is 7.89. The molecule has 1 aliphatic carbocycles. The molecule has 1 saturated carbocycles. The number of benzene rings is 3. The van der Waals surface area contributed by atoms with Crippen molar-refractivity contribution in [3.05, 3.63) is 90.1 Å². The highest BCUT2D eigenvalue weighted by Gasteiger charge is 2.45. The van der Waals surface area contributed by atoms with E-state index in [4.69, 9.17) is 20.9 Å². The number of ether oxygens (including phenoxy) is 2. The van der Waals surface area contributed by atoms with E-state index in [0.29, 0.717) is 71.7 Å². The number of carbonyl (C=O) groups excluding carboxylic acids is 1. The molecule has 3 saturated heterocycles. The number of amides is 1. The summed E-state index contributed by atoms with van der Waals surface area (Å²) in [4.78, 5) is 37.7. The number of fused-ring (bicyclic) bond motifs is 4. The highest BCUT2D eigenvalue weighted by atomic mass is 32.2. The summed E-state index contributed by atoms with van der Waals surface area (Å²) in [5.41, 5.74) is 0.223. The van der Waals surface area contributed by atoms with E-state index in [0.717, 1.165) is 29.8 Å². The number of nitrogens with zero attached hydrogens (tertiary/aromatic N) is 9. The van der Waals surface area contributed by atoms with E-state index in [1.807, 2.05) is 41.5 Å². The Morgan fingerprint density at radius 2 is 1.69 bits per heavy atom. The standard InChI is InChI=1S/C45H43F2N9O5S/c1-5-33-36(46)17-14-26-8-6-11-34(37(26)33)39-38(47)40-35(21-48-39)42(54-22-29-15-16-30(23-54)56(29)44(57)61-45(2,3)4)51-43(50-40)60-31-18-19-53(24-31)28-9-7-10-32(20-28)62(58,59)55-25-49-41(52-55)27-12-13-27/h1,6-11,14,17,20-21,25,27,29-31H,12-13,15-16,18-19,22-24H2,2-4H3/t29-,30+,31-/m1/s1. The van der Waals surface area contributed by atoms with Gasteiger partial charge in [-0.1, -0.05) is 36.3 Å². The molecule has 318 valence electrons. The fourth-order valence-electron chi connectivity index (χ4n) is 8.95. The van der Waals surface area contributed by atoms with Gasteiger partial charge in [-0.05, 0) is 76.1 Å². The van der Waals surface area contributed by atoms with Crippen LogP contribution in [0.25, 0.3) is 32.9 Å². The summed E-state index contributed by atoms with van der Waals surface area (Å²) in [5, 5.41) is 5.57. The third kappa shape index (κ3) is 7.09. The number of rotatable bonds is 8. The maximum absolute atomic E-state index is 17.2. The van der Waals surface area contributed by atoms with Crippen molar-refractivity contribution < 1.29 is 31.5 Å². The van der Waals surface area contributed by atoms with Crippen LogP contribution in [0, 0.1) is 24.0 Å². The molecule has 0 N–H and O–H groups in total. The average Bonchev–Trinajstić information content (AvgIpc) is 3.64. The Morgan fingerprint density at radius 1 is 0.919 bits per heavy atom. The van der Waals surface area contributed by atoms with Crippen molar-refractivity contribution in [2.45, 2.75) is 87.5 Å². The molecule has 17 heteroatoms. The van der Waals surface area contributed by atoms with Crippen molar-refractivity contribution in [1.82, 2.24) is 34.0 Å². The van der Waals surface area contributed by atoms with Gasteiger partial charge in [-0.25, -0.2) is 18.6 Å². The Balaban J connectivity index is 0.986. The molecule has 4 aliphatic rings. The van der Waals surface area contributed by atoms with Gasteiger partial charge in [0.2, 0.25) is 0 Å². The lowest BCUT2D eigenvalue weighted by Gasteiger charge is -2.42. The topological polar surface area (TPSA) is 149 Å². The van der Waals surface area contributed by atoms with Crippen LogP contribution < -0.4 is 14.5 Å². The van der Waals surface area contributed by atoms with Gasteiger partial charge in [0.05, 0.1) is 34.5 Å². The smallest absolute Gasteiger partial charge is 0.410 e. The Labute approximate surface area is 356 Å². The van der Waals surface area contributed by atoms with Gasteiger partial charge < -0.3 is 19.3 Å². The molecule has 0 unspecified atom stereocenters. The molecule has 1 amide bonds. The minimum absolute atomic E-state index is 0.000150. The fraction of sp³-hybridized carbons (Fsp3) is 0.378. The van der Waals surface area contributed by atoms with Crippen LogP contribution in [0.5, 0.6) is 6.01 Å². The second-order valence-corrected chi connectivity index (χ2v) is 19.2. The van der Waals surface area contributed by atoms with E-state index in [1.165, 1.54) is 24.7 Å². The van der Waals surface area contributed by atoms with Crippen molar-refractivity contribution in [1.29, 1.82) is 0 Å². The number of aromatic nitrogens is 6. The summed E-state index contributed by atoms with van der Waals surface area (Å²) in [7, 11) is -3.98. The normalized spacial score (nSPS) is 20.3. The van der Waals surface area contributed by atoms with Gasteiger partial charge in [0.25, 0.3) is 10.0 Å². The molecule has 3 aliphatic heterocycles. The predicted molar refractivity (Wildman–Crippen MR) is 227 cm³/mol. The molecule has 6 heterocycles. The number of terminal acetylenes is 1. The zero-order valence-corrected chi connectivity index (χ0v) is 35.1. The largest absolute Gasteiger partial charge is 0.458 e. The monoisotopic (exact) mass is 859 g/mol.